The molecular weight excluding hydrogens is 353 g/mol. The van der Waals surface area contributed by atoms with Crippen molar-refractivity contribution in [3.8, 4) is 5.75 Å². The van der Waals surface area contributed by atoms with Gasteiger partial charge >= 0.3 is 0 Å². The van der Waals surface area contributed by atoms with Crippen LogP contribution in [0.5, 0.6) is 5.75 Å². The maximum Gasteiger partial charge on any atom is 0.262 e. The van der Waals surface area contributed by atoms with Gasteiger partial charge in [0.05, 0.1) is 5.69 Å². The summed E-state index contributed by atoms with van der Waals surface area (Å²) >= 11 is 3.14. The molecule has 0 fully saturated rings. The van der Waals surface area contributed by atoms with E-state index in [9.17, 15) is 14.0 Å². The highest BCUT2D eigenvalue weighted by Crippen LogP contribution is 2.19. The zero-order chi connectivity index (χ0) is 16.1. The molecule has 4 nitrogen and oxygen atoms in total. The molecule has 0 aliphatic carbocycles. The minimum Gasteiger partial charge on any atom is -0.484 e. The molecule has 0 bridgehead atoms. The van der Waals surface area contributed by atoms with Crippen molar-refractivity contribution in [3.05, 3.63) is 58.3 Å². The van der Waals surface area contributed by atoms with Crippen molar-refractivity contribution in [2.75, 3.05) is 11.9 Å². The number of carbonyl (C=O) groups is 2. The summed E-state index contributed by atoms with van der Waals surface area (Å²) in [6.45, 7) is 1.17. The first kappa shape index (κ1) is 16.2. The molecule has 0 aromatic heterocycles. The number of hydrogen-bond acceptors (Lipinski definition) is 3. The Bertz CT molecular complexity index is 718. The minimum atomic E-state index is -0.540. The molecule has 2 rings (SSSR count). The predicted molar refractivity (Wildman–Crippen MR) is 84.7 cm³/mol. The quantitative estimate of drug-likeness (QED) is 0.819. The van der Waals surface area contributed by atoms with Crippen LogP contribution in [-0.2, 0) is 4.79 Å². The van der Waals surface area contributed by atoms with E-state index in [-0.39, 0.29) is 18.1 Å². The summed E-state index contributed by atoms with van der Waals surface area (Å²) in [7, 11) is 0. The lowest BCUT2D eigenvalue weighted by molar-refractivity contribution is -0.118. The zero-order valence-corrected chi connectivity index (χ0v) is 13.3. The molecule has 1 amide bonds. The van der Waals surface area contributed by atoms with Crippen LogP contribution in [0.15, 0.2) is 46.9 Å². The summed E-state index contributed by atoms with van der Waals surface area (Å²) in [6, 6.07) is 10.8. The van der Waals surface area contributed by atoms with Crippen molar-refractivity contribution >= 4 is 33.3 Å². The van der Waals surface area contributed by atoms with E-state index < -0.39 is 11.7 Å². The first-order chi connectivity index (χ1) is 10.5. The van der Waals surface area contributed by atoms with Crippen LogP contribution in [0.1, 0.15) is 17.3 Å². The molecule has 0 aliphatic heterocycles. The maximum absolute atomic E-state index is 13.6. The lowest BCUT2D eigenvalue weighted by Crippen LogP contribution is -2.20. The Hall–Kier alpha value is -2.21. The molecule has 22 heavy (non-hydrogen) atoms. The Morgan fingerprint density at radius 3 is 2.68 bits per heavy atom. The smallest absolute Gasteiger partial charge is 0.262 e. The van der Waals surface area contributed by atoms with Gasteiger partial charge in [-0.05, 0) is 37.3 Å². The summed E-state index contributed by atoms with van der Waals surface area (Å²) in [6.07, 6.45) is 0. The van der Waals surface area contributed by atoms with Crippen molar-refractivity contribution in [3.63, 3.8) is 0 Å². The van der Waals surface area contributed by atoms with Gasteiger partial charge in [-0.3, -0.25) is 9.59 Å². The van der Waals surface area contributed by atoms with Gasteiger partial charge < -0.3 is 10.1 Å². The van der Waals surface area contributed by atoms with Crippen LogP contribution >= 0.6 is 15.9 Å². The Labute approximate surface area is 135 Å². The third kappa shape index (κ3) is 4.39. The van der Waals surface area contributed by atoms with E-state index in [1.54, 1.807) is 30.3 Å². The second-order valence-electron chi connectivity index (χ2n) is 4.55. The van der Waals surface area contributed by atoms with Crippen molar-refractivity contribution in [2.24, 2.45) is 0 Å². The van der Waals surface area contributed by atoms with Crippen molar-refractivity contribution in [1.82, 2.24) is 0 Å². The van der Waals surface area contributed by atoms with Crippen LogP contribution in [0.25, 0.3) is 0 Å². The lowest BCUT2D eigenvalue weighted by atomic mass is 10.1. The van der Waals surface area contributed by atoms with E-state index in [0.29, 0.717) is 15.8 Å². The summed E-state index contributed by atoms with van der Waals surface area (Å²) in [5.74, 6) is -0.721. The molecule has 114 valence electrons. The molecule has 0 heterocycles. The molecule has 0 spiro atoms. The fourth-order valence-corrected chi connectivity index (χ4v) is 2.06. The van der Waals surface area contributed by atoms with Gasteiger partial charge in [-0.25, -0.2) is 4.39 Å². The molecule has 2 aromatic carbocycles. The number of hydrogen-bond donors (Lipinski definition) is 1. The average molecular weight is 366 g/mol. The number of anilines is 1. The van der Waals surface area contributed by atoms with Crippen molar-refractivity contribution in [2.45, 2.75) is 6.92 Å². The Morgan fingerprint density at radius 2 is 2.00 bits per heavy atom. The van der Waals surface area contributed by atoms with E-state index in [4.69, 9.17) is 4.74 Å². The van der Waals surface area contributed by atoms with Gasteiger partial charge in [-0.2, -0.15) is 0 Å². The molecule has 0 aliphatic rings. The minimum absolute atomic E-state index is 0.0780. The van der Waals surface area contributed by atoms with Crippen LogP contribution in [0.3, 0.4) is 0 Å². The summed E-state index contributed by atoms with van der Waals surface area (Å²) < 4.78 is 19.5. The Morgan fingerprint density at radius 1 is 1.23 bits per heavy atom. The van der Waals surface area contributed by atoms with Gasteiger partial charge in [-0.1, -0.05) is 28.1 Å². The molecule has 0 saturated heterocycles. The predicted octanol–water partition coefficient (Wildman–Crippen LogP) is 3.81. The number of amides is 1. The fourth-order valence-electron chi connectivity index (χ4n) is 1.73. The molecule has 0 unspecified atom stereocenters. The second-order valence-corrected chi connectivity index (χ2v) is 5.46. The monoisotopic (exact) mass is 365 g/mol. The Balaban J connectivity index is 1.95. The number of ketones is 1. The van der Waals surface area contributed by atoms with Gasteiger partial charge in [0.2, 0.25) is 0 Å². The van der Waals surface area contributed by atoms with E-state index in [2.05, 4.69) is 21.2 Å². The average Bonchev–Trinajstić information content (AvgIpc) is 2.48. The van der Waals surface area contributed by atoms with Crippen molar-refractivity contribution in [1.29, 1.82) is 0 Å². The summed E-state index contributed by atoms with van der Waals surface area (Å²) in [5, 5.41) is 2.42. The highest BCUT2D eigenvalue weighted by Gasteiger charge is 2.09. The lowest BCUT2D eigenvalue weighted by Gasteiger charge is -2.09. The van der Waals surface area contributed by atoms with Crippen molar-refractivity contribution < 1.29 is 18.7 Å². The van der Waals surface area contributed by atoms with E-state index >= 15 is 0 Å². The third-order valence-electron chi connectivity index (χ3n) is 2.82. The first-order valence-corrected chi connectivity index (χ1v) is 7.23. The van der Waals surface area contributed by atoms with Crippen LogP contribution in [0.2, 0.25) is 0 Å². The van der Waals surface area contributed by atoms with E-state index in [1.165, 1.54) is 19.1 Å². The first-order valence-electron chi connectivity index (χ1n) is 6.44. The third-order valence-corrected chi connectivity index (χ3v) is 3.31. The highest BCUT2D eigenvalue weighted by atomic mass is 79.9. The number of rotatable bonds is 5. The van der Waals surface area contributed by atoms with Gasteiger partial charge in [0.15, 0.2) is 12.4 Å². The van der Waals surface area contributed by atoms with Crippen LogP contribution < -0.4 is 10.1 Å². The Kier molecular flexibility index (Phi) is 5.27. The molecule has 0 radical (unpaired) electrons. The number of Topliss-reactive ketones (excluding diaryl/α,β-unsaturated/α-hetero) is 1. The standard InChI is InChI=1S/C16H13BrFNO3/c1-10(20)11-3-2-4-13(7-11)22-9-16(21)19-15-6-5-12(17)8-14(15)18/h2-8H,9H2,1H3,(H,19,21). The molecule has 0 atom stereocenters. The maximum atomic E-state index is 13.6. The number of benzene rings is 2. The van der Waals surface area contributed by atoms with Crippen LogP contribution in [0.4, 0.5) is 10.1 Å². The summed E-state index contributed by atoms with van der Waals surface area (Å²) in [4.78, 5) is 23.0. The van der Waals surface area contributed by atoms with Crippen LogP contribution in [-0.4, -0.2) is 18.3 Å². The molecule has 1 N–H and O–H groups in total. The van der Waals surface area contributed by atoms with Gasteiger partial charge in [0.1, 0.15) is 11.6 Å². The number of carbonyl (C=O) groups excluding carboxylic acids is 2. The molecule has 2 aromatic rings. The SMILES string of the molecule is CC(=O)c1cccc(OCC(=O)Nc2ccc(Br)cc2F)c1. The largest absolute Gasteiger partial charge is 0.484 e. The van der Waals surface area contributed by atoms with E-state index in [1.807, 2.05) is 0 Å². The van der Waals surface area contributed by atoms with E-state index in [0.717, 1.165) is 0 Å². The van der Waals surface area contributed by atoms with Gasteiger partial charge in [-0.15, -0.1) is 0 Å². The molecule has 6 heteroatoms. The normalized spacial score (nSPS) is 10.1. The number of ether oxygens (including phenoxy) is 1. The molecule has 0 saturated carbocycles. The van der Waals surface area contributed by atoms with Gasteiger partial charge in [0.25, 0.3) is 5.91 Å². The van der Waals surface area contributed by atoms with Gasteiger partial charge in [0, 0.05) is 10.0 Å². The summed E-state index contributed by atoms with van der Waals surface area (Å²) in [5.41, 5.74) is 0.575. The topological polar surface area (TPSA) is 55.4 Å². The van der Waals surface area contributed by atoms with Crippen LogP contribution in [0, 0.1) is 5.82 Å². The second kappa shape index (κ2) is 7.17. The number of halogens is 2. The fraction of sp³-hybridized carbons (Fsp3) is 0.125. The zero-order valence-electron chi connectivity index (χ0n) is 11.7. The number of nitrogens with one attached hydrogen (secondary N) is 1. The molecular formula is C16H13BrFNO3. The highest BCUT2D eigenvalue weighted by molar-refractivity contribution is 9.10.